The Morgan fingerprint density at radius 2 is 1.71 bits per heavy atom. The van der Waals surface area contributed by atoms with Crippen LogP contribution in [0.1, 0.15) is 50.6 Å². The topological polar surface area (TPSA) is 85.0 Å². The lowest BCUT2D eigenvalue weighted by Gasteiger charge is -2.12. The first-order chi connectivity index (χ1) is 13.5. The van der Waals surface area contributed by atoms with Crippen molar-refractivity contribution < 1.29 is 24.4 Å². The Morgan fingerprint density at radius 1 is 1.04 bits per heavy atom. The fourth-order valence-corrected chi connectivity index (χ4v) is 3.42. The van der Waals surface area contributed by atoms with Gasteiger partial charge in [0.1, 0.15) is 18.3 Å². The number of H-pyrrole nitrogens is 1. The molecule has 1 atom stereocenters. The molecule has 6 nitrogen and oxygen atoms in total. The van der Waals surface area contributed by atoms with E-state index in [0.717, 1.165) is 0 Å². The number of rotatable bonds is 6. The van der Waals surface area contributed by atoms with Crippen LogP contribution < -0.4 is 5.32 Å². The van der Waals surface area contributed by atoms with Crippen LogP contribution in [0.15, 0.2) is 42.5 Å². The minimum atomic E-state index is -0.503. The first kappa shape index (κ1) is 19.6. The zero-order valence-corrected chi connectivity index (χ0v) is 16.5. The highest BCUT2D eigenvalue weighted by Crippen LogP contribution is 2.21. The van der Waals surface area contributed by atoms with Crippen LogP contribution in [0, 0.1) is 6.92 Å². The highest BCUT2D eigenvalue weighted by Gasteiger charge is 2.26. The van der Waals surface area contributed by atoms with Gasteiger partial charge in [-0.3, -0.25) is 0 Å². The summed E-state index contributed by atoms with van der Waals surface area (Å²) < 4.78 is 9.70. The summed E-state index contributed by atoms with van der Waals surface area (Å²) in [6, 6.07) is 14.8. The van der Waals surface area contributed by atoms with E-state index < -0.39 is 11.9 Å². The molecule has 0 aliphatic heterocycles. The molecule has 1 aromatic heterocycles. The Labute approximate surface area is 163 Å². The number of ether oxygens (including phenoxy) is 2. The van der Waals surface area contributed by atoms with Crippen LogP contribution in [0.5, 0.6) is 0 Å². The second-order valence-corrected chi connectivity index (χ2v) is 6.80. The van der Waals surface area contributed by atoms with Crippen molar-refractivity contribution in [3.8, 4) is 0 Å². The van der Waals surface area contributed by atoms with Crippen LogP contribution in [0.25, 0.3) is 10.8 Å². The van der Waals surface area contributed by atoms with E-state index in [-0.39, 0.29) is 11.7 Å². The maximum atomic E-state index is 12.2. The number of nitrogens with one attached hydrogen (secondary N) is 1. The molecule has 0 amide bonds. The zero-order chi connectivity index (χ0) is 20.3. The number of carbonyl (C=O) groups excluding carboxylic acids is 2. The molecule has 0 saturated heterocycles. The Balaban J connectivity index is 1.84. The van der Waals surface area contributed by atoms with E-state index >= 15 is 0 Å². The molecule has 0 fully saturated rings. The average Bonchev–Trinajstić information content (AvgIpc) is 3.06. The van der Waals surface area contributed by atoms with Crippen molar-refractivity contribution in [3.63, 3.8) is 0 Å². The third-order valence-corrected chi connectivity index (χ3v) is 5.08. The SMILES string of the molecule is COC(=O)c1[nH]c(C[NH2+][C@@H](C)c2ccc3ccccc3c2)c(C(=O)OC)c1C. The Bertz CT molecular complexity index is 1020. The van der Waals surface area contributed by atoms with Crippen molar-refractivity contribution >= 4 is 22.7 Å². The highest BCUT2D eigenvalue weighted by atomic mass is 16.5. The summed E-state index contributed by atoms with van der Waals surface area (Å²) in [5, 5.41) is 4.51. The van der Waals surface area contributed by atoms with E-state index in [1.807, 2.05) is 12.1 Å². The zero-order valence-electron chi connectivity index (χ0n) is 16.5. The van der Waals surface area contributed by atoms with Gasteiger partial charge in [0.15, 0.2) is 0 Å². The van der Waals surface area contributed by atoms with Gasteiger partial charge in [0, 0.05) is 5.56 Å². The predicted octanol–water partition coefficient (Wildman–Crippen LogP) is 2.87. The van der Waals surface area contributed by atoms with Crippen molar-refractivity contribution in [2.24, 2.45) is 0 Å². The summed E-state index contributed by atoms with van der Waals surface area (Å²) in [6.45, 7) is 4.32. The van der Waals surface area contributed by atoms with E-state index in [9.17, 15) is 9.59 Å². The van der Waals surface area contributed by atoms with Crippen molar-refractivity contribution in [1.82, 2.24) is 4.98 Å². The van der Waals surface area contributed by atoms with Gasteiger partial charge in [-0.05, 0) is 36.2 Å². The first-order valence-corrected chi connectivity index (χ1v) is 9.16. The molecule has 0 saturated carbocycles. The molecule has 3 N–H and O–H groups in total. The van der Waals surface area contributed by atoms with Gasteiger partial charge in [-0.1, -0.05) is 36.4 Å². The van der Waals surface area contributed by atoms with Crippen molar-refractivity contribution in [2.45, 2.75) is 26.4 Å². The summed E-state index contributed by atoms with van der Waals surface area (Å²) in [5.41, 5.74) is 3.06. The van der Waals surface area contributed by atoms with Gasteiger partial charge in [0.2, 0.25) is 0 Å². The first-order valence-electron chi connectivity index (χ1n) is 9.16. The van der Waals surface area contributed by atoms with Crippen LogP contribution in [-0.4, -0.2) is 31.1 Å². The molecular formula is C22H25N2O4+. The van der Waals surface area contributed by atoms with Crippen LogP contribution in [-0.2, 0) is 16.0 Å². The number of carbonyl (C=O) groups is 2. The number of fused-ring (bicyclic) bond motifs is 1. The molecule has 0 spiro atoms. The normalized spacial score (nSPS) is 12.0. The lowest BCUT2D eigenvalue weighted by atomic mass is 10.0. The summed E-state index contributed by atoms with van der Waals surface area (Å²) >= 11 is 0. The van der Waals surface area contributed by atoms with E-state index in [1.165, 1.54) is 30.6 Å². The summed E-state index contributed by atoms with van der Waals surface area (Å²) in [7, 11) is 2.64. The predicted molar refractivity (Wildman–Crippen MR) is 106 cm³/mol. The summed E-state index contributed by atoms with van der Waals surface area (Å²) in [6.07, 6.45) is 0. The molecule has 3 rings (SSSR count). The Morgan fingerprint density at radius 3 is 2.39 bits per heavy atom. The van der Waals surface area contributed by atoms with Crippen molar-refractivity contribution in [2.75, 3.05) is 14.2 Å². The number of aromatic nitrogens is 1. The van der Waals surface area contributed by atoms with Gasteiger partial charge in [-0.15, -0.1) is 0 Å². The number of hydrogen-bond acceptors (Lipinski definition) is 4. The number of aromatic amines is 1. The fourth-order valence-electron chi connectivity index (χ4n) is 3.42. The van der Waals surface area contributed by atoms with Crippen LogP contribution in [0.2, 0.25) is 0 Å². The lowest BCUT2D eigenvalue weighted by molar-refractivity contribution is -0.708. The van der Waals surface area contributed by atoms with E-state index in [1.54, 1.807) is 6.92 Å². The van der Waals surface area contributed by atoms with Gasteiger partial charge in [0.05, 0.1) is 25.5 Å². The van der Waals surface area contributed by atoms with Crippen LogP contribution >= 0.6 is 0 Å². The second-order valence-electron chi connectivity index (χ2n) is 6.80. The number of benzene rings is 2. The average molecular weight is 381 g/mol. The fraction of sp³-hybridized carbons (Fsp3) is 0.273. The molecule has 0 bridgehead atoms. The largest absolute Gasteiger partial charge is 0.465 e. The van der Waals surface area contributed by atoms with Crippen molar-refractivity contribution in [3.05, 3.63) is 70.5 Å². The number of hydrogen-bond donors (Lipinski definition) is 2. The molecular weight excluding hydrogens is 356 g/mol. The smallest absolute Gasteiger partial charge is 0.354 e. The van der Waals surface area contributed by atoms with Crippen LogP contribution in [0.4, 0.5) is 0 Å². The third-order valence-electron chi connectivity index (χ3n) is 5.08. The molecule has 0 unspecified atom stereocenters. The van der Waals surface area contributed by atoms with E-state index in [0.29, 0.717) is 23.4 Å². The maximum Gasteiger partial charge on any atom is 0.354 e. The molecule has 3 aromatic rings. The number of methoxy groups -OCH3 is 2. The lowest BCUT2D eigenvalue weighted by Crippen LogP contribution is -2.83. The molecule has 6 heteroatoms. The van der Waals surface area contributed by atoms with E-state index in [2.05, 4.69) is 47.6 Å². The molecule has 0 aliphatic rings. The van der Waals surface area contributed by atoms with Gasteiger partial charge >= 0.3 is 11.9 Å². The molecule has 2 aromatic carbocycles. The highest BCUT2D eigenvalue weighted by molar-refractivity contribution is 5.98. The minimum absolute atomic E-state index is 0.167. The number of quaternary nitrogens is 1. The van der Waals surface area contributed by atoms with Crippen LogP contribution in [0.3, 0.4) is 0 Å². The molecule has 0 aliphatic carbocycles. The monoisotopic (exact) mass is 381 g/mol. The minimum Gasteiger partial charge on any atom is -0.465 e. The molecule has 28 heavy (non-hydrogen) atoms. The van der Waals surface area contributed by atoms with Gasteiger partial charge < -0.3 is 19.8 Å². The standard InChI is InChI=1S/C22H24N2O4/c1-13-19(21(25)27-3)18(24-20(13)22(26)28-4)12-23-14(2)16-10-9-15-7-5-6-8-17(15)11-16/h5-11,14,23-24H,12H2,1-4H3/p+1/t14-/m0/s1. The van der Waals surface area contributed by atoms with Gasteiger partial charge in [-0.25, -0.2) is 9.59 Å². The van der Waals surface area contributed by atoms with Gasteiger partial charge in [-0.2, -0.15) is 0 Å². The summed E-state index contributed by atoms with van der Waals surface area (Å²) in [5.74, 6) is -0.970. The molecule has 0 radical (unpaired) electrons. The van der Waals surface area contributed by atoms with Gasteiger partial charge in [0.25, 0.3) is 0 Å². The third kappa shape index (κ3) is 3.77. The number of esters is 2. The van der Waals surface area contributed by atoms with E-state index in [4.69, 9.17) is 9.47 Å². The quantitative estimate of drug-likeness (QED) is 0.643. The number of nitrogens with two attached hydrogens (primary N) is 1. The Hall–Kier alpha value is -3.12. The molecule has 1 heterocycles. The maximum absolute atomic E-state index is 12.2. The Kier molecular flexibility index (Phi) is 5.80. The van der Waals surface area contributed by atoms with Crippen molar-refractivity contribution in [1.29, 1.82) is 0 Å². The second kappa shape index (κ2) is 8.27. The summed E-state index contributed by atoms with van der Waals surface area (Å²) in [4.78, 5) is 27.3. The molecule has 146 valence electrons.